The van der Waals surface area contributed by atoms with Gasteiger partial charge in [-0.15, -0.1) is 23.7 Å². The molecule has 0 heterocycles. The minimum Gasteiger partial charge on any atom is -0.255 e. The first-order valence-electron chi connectivity index (χ1n) is 26.0. The molecule has 0 fully saturated rings. The molecular formula is C58H92N2Ni. The fraction of sp³-hybridized carbons (Fsp3) is 0.690. The van der Waals surface area contributed by atoms with Crippen LogP contribution >= 0.6 is 0 Å². The molecule has 0 spiro atoms. The van der Waals surface area contributed by atoms with E-state index in [4.69, 9.17) is 9.98 Å². The van der Waals surface area contributed by atoms with Gasteiger partial charge in [-0.05, 0) is 61.8 Å². The molecule has 0 aliphatic heterocycles. The van der Waals surface area contributed by atoms with Gasteiger partial charge in [-0.1, -0.05) is 231 Å². The van der Waals surface area contributed by atoms with Crippen LogP contribution in [0, 0.1) is 23.7 Å². The van der Waals surface area contributed by atoms with Crippen molar-refractivity contribution in [3.8, 4) is 23.7 Å². The van der Waals surface area contributed by atoms with Gasteiger partial charge in [0.15, 0.2) is 0 Å². The number of aliphatic imine (C=N–C) groups is 2. The summed E-state index contributed by atoms with van der Waals surface area (Å²) in [5.41, 5.74) is 5.76. The number of para-hydroxylation sites is 2. The molecule has 0 bridgehead atoms. The van der Waals surface area contributed by atoms with Crippen LogP contribution in [0.25, 0.3) is 0 Å². The van der Waals surface area contributed by atoms with Crippen molar-refractivity contribution in [2.45, 2.75) is 258 Å². The van der Waals surface area contributed by atoms with Crippen molar-refractivity contribution in [3.05, 3.63) is 59.7 Å². The maximum Gasteiger partial charge on any atom is 0.0665 e. The maximum absolute atomic E-state index is 5.27. The minimum absolute atomic E-state index is 0. The molecule has 2 nitrogen and oxygen atoms in total. The average Bonchev–Trinajstić information content (AvgIpc) is 3.27. The fourth-order valence-electron chi connectivity index (χ4n) is 8.07. The van der Waals surface area contributed by atoms with Crippen molar-refractivity contribution >= 4 is 23.3 Å². The first-order chi connectivity index (χ1) is 29.8. The summed E-state index contributed by atoms with van der Waals surface area (Å²) >= 11 is 0. The zero-order chi connectivity index (χ0) is 42.7. The Labute approximate surface area is 389 Å². The number of rotatable bonds is 38. The molecule has 0 aliphatic rings. The van der Waals surface area contributed by atoms with E-state index < -0.39 is 0 Å². The van der Waals surface area contributed by atoms with Crippen LogP contribution in [0.3, 0.4) is 0 Å². The molecule has 0 saturated heterocycles. The maximum atomic E-state index is 5.27. The van der Waals surface area contributed by atoms with E-state index >= 15 is 0 Å². The number of nitrogens with zero attached hydrogens (tertiary/aromatic N) is 2. The largest absolute Gasteiger partial charge is 0.255 e. The molecule has 0 saturated carbocycles. The van der Waals surface area contributed by atoms with Gasteiger partial charge in [0.25, 0.3) is 0 Å². The molecule has 0 aliphatic carbocycles. The van der Waals surface area contributed by atoms with Gasteiger partial charge in [0.2, 0.25) is 0 Å². The summed E-state index contributed by atoms with van der Waals surface area (Å²) < 4.78 is 0. The van der Waals surface area contributed by atoms with Gasteiger partial charge in [0.1, 0.15) is 0 Å². The van der Waals surface area contributed by atoms with E-state index in [1.165, 1.54) is 197 Å². The summed E-state index contributed by atoms with van der Waals surface area (Å²) in [5, 5.41) is 0. The summed E-state index contributed by atoms with van der Waals surface area (Å²) in [6, 6.07) is 17.3. The molecule has 0 radical (unpaired) electrons. The molecule has 3 heteroatoms. The second-order valence-electron chi connectivity index (χ2n) is 17.6. The first kappa shape index (κ1) is 56.4. The van der Waals surface area contributed by atoms with E-state index in [-0.39, 0.29) is 16.5 Å². The van der Waals surface area contributed by atoms with Crippen molar-refractivity contribution < 1.29 is 16.5 Å². The summed E-state index contributed by atoms with van der Waals surface area (Å²) in [5.74, 6) is 13.9. The quantitative estimate of drug-likeness (QED) is 0.0278. The Balaban J connectivity index is 0.0000186. The second-order valence-corrected chi connectivity index (χ2v) is 17.6. The third kappa shape index (κ3) is 33.6. The number of aryl methyl sites for hydroxylation is 2. The monoisotopic (exact) mass is 875 g/mol. The smallest absolute Gasteiger partial charge is 0.0665 e. The van der Waals surface area contributed by atoms with Gasteiger partial charge in [-0.3, -0.25) is 9.98 Å². The third-order valence-corrected chi connectivity index (χ3v) is 12.0. The number of unbranched alkanes of at least 4 members (excludes halogenated alkanes) is 29. The van der Waals surface area contributed by atoms with Gasteiger partial charge < -0.3 is 0 Å². The molecule has 2 rings (SSSR count). The Kier molecular flexibility index (Phi) is 40.7. The molecule has 344 valence electrons. The van der Waals surface area contributed by atoms with Crippen LogP contribution in [-0.4, -0.2) is 11.9 Å². The van der Waals surface area contributed by atoms with E-state index in [0.717, 1.165) is 68.5 Å². The molecule has 0 atom stereocenters. The van der Waals surface area contributed by atoms with Gasteiger partial charge in [-0.2, -0.15) is 0 Å². The molecule has 2 aromatic rings. The van der Waals surface area contributed by atoms with Crippen LogP contribution in [0.5, 0.6) is 0 Å². The van der Waals surface area contributed by atoms with Crippen molar-refractivity contribution in [1.82, 2.24) is 0 Å². The van der Waals surface area contributed by atoms with Crippen LogP contribution in [0.15, 0.2) is 58.5 Å². The van der Waals surface area contributed by atoms with Gasteiger partial charge in [0.05, 0.1) is 17.1 Å². The standard InChI is InChI=1S/C58H92N2.Ni/c1-4-7-10-13-16-18-20-22-24-26-28-30-32-34-36-39-46-54-48-42-44-51-57(54)59-53-56(50-41-38-15-12-9-6-3)60-58-52-45-43-49-55(58)47-40-37-35-33-31-29-27-25-23-21-19-17-14-11-8-5-2;/h42-45,48-49,51-53H,4-33,38-41,46-47,50H2,1-3H3;/b59-53-,60-56+;. The van der Waals surface area contributed by atoms with E-state index in [1.807, 2.05) is 0 Å². The zero-order valence-corrected chi connectivity index (χ0v) is 41.1. The van der Waals surface area contributed by atoms with Crippen molar-refractivity contribution in [2.75, 3.05) is 0 Å². The zero-order valence-electron chi connectivity index (χ0n) is 40.1. The minimum atomic E-state index is 0. The first-order valence-corrected chi connectivity index (χ1v) is 26.0. The summed E-state index contributed by atoms with van der Waals surface area (Å²) in [6.45, 7) is 6.88. The van der Waals surface area contributed by atoms with E-state index in [9.17, 15) is 0 Å². The Morgan fingerprint density at radius 2 is 0.721 bits per heavy atom. The topological polar surface area (TPSA) is 24.7 Å². The predicted molar refractivity (Wildman–Crippen MR) is 270 cm³/mol. The van der Waals surface area contributed by atoms with E-state index in [2.05, 4.69) is 99.2 Å². The molecule has 0 amide bonds. The van der Waals surface area contributed by atoms with Gasteiger partial charge >= 0.3 is 0 Å². The molecular weight excluding hydrogens is 783 g/mol. The fourth-order valence-corrected chi connectivity index (χ4v) is 8.07. The van der Waals surface area contributed by atoms with Gasteiger partial charge in [0, 0.05) is 48.4 Å². The van der Waals surface area contributed by atoms with Crippen LogP contribution < -0.4 is 0 Å². The molecule has 61 heavy (non-hydrogen) atoms. The molecule has 0 unspecified atom stereocenters. The van der Waals surface area contributed by atoms with Gasteiger partial charge in [-0.25, -0.2) is 0 Å². The van der Waals surface area contributed by atoms with Crippen LogP contribution in [-0.2, 0) is 29.3 Å². The van der Waals surface area contributed by atoms with Crippen LogP contribution in [0.4, 0.5) is 11.4 Å². The Morgan fingerprint density at radius 3 is 1.15 bits per heavy atom. The Morgan fingerprint density at radius 1 is 0.393 bits per heavy atom. The van der Waals surface area contributed by atoms with Crippen molar-refractivity contribution in [1.29, 1.82) is 0 Å². The number of benzene rings is 2. The number of hydrogen-bond donors (Lipinski definition) is 0. The average molecular weight is 876 g/mol. The number of hydrogen-bond acceptors (Lipinski definition) is 2. The Bertz CT molecular complexity index is 1470. The summed E-state index contributed by atoms with van der Waals surface area (Å²) in [7, 11) is 0. The summed E-state index contributed by atoms with van der Waals surface area (Å²) in [6.07, 6.45) is 49.7. The predicted octanol–water partition coefficient (Wildman–Crippen LogP) is 19.0. The normalized spacial score (nSPS) is 11.3. The molecule has 0 aromatic heterocycles. The second kappa shape index (κ2) is 44.0. The molecule has 2 aromatic carbocycles. The molecule has 0 N–H and O–H groups in total. The SMILES string of the molecule is CCCCCCCCCCCCCCC#CCCc1ccccc1/N=C\C(CCCCCCCC)=N\c1ccccc1CCC#CCCCCCCCCCCCCCC.[Ni]. The van der Waals surface area contributed by atoms with E-state index in [1.54, 1.807) is 0 Å². The van der Waals surface area contributed by atoms with Crippen molar-refractivity contribution in [2.24, 2.45) is 9.98 Å². The van der Waals surface area contributed by atoms with E-state index in [0.29, 0.717) is 0 Å². The third-order valence-electron chi connectivity index (χ3n) is 12.0. The Hall–Kier alpha value is -2.61. The summed E-state index contributed by atoms with van der Waals surface area (Å²) in [4.78, 5) is 10.3. The van der Waals surface area contributed by atoms with Crippen molar-refractivity contribution in [3.63, 3.8) is 0 Å². The van der Waals surface area contributed by atoms with Crippen LogP contribution in [0.2, 0.25) is 0 Å². The van der Waals surface area contributed by atoms with Crippen LogP contribution in [0.1, 0.15) is 257 Å².